The molecule has 2 rings (SSSR count). The van der Waals surface area contributed by atoms with Crippen LogP contribution < -0.4 is 5.43 Å². The molecule has 0 spiro atoms. The molecular weight excluding hydrogens is 324 g/mol. The number of ether oxygens (including phenoxy) is 1. The highest BCUT2D eigenvalue weighted by Crippen LogP contribution is 2.18. The largest absolute Gasteiger partial charge is 0.383 e. The zero-order chi connectivity index (χ0) is 17.4. The van der Waals surface area contributed by atoms with Crippen molar-refractivity contribution in [1.82, 2.24) is 10.4 Å². The van der Waals surface area contributed by atoms with E-state index in [1.807, 2.05) is 6.07 Å². The number of hydrazine groups is 1. The van der Waals surface area contributed by atoms with Crippen LogP contribution in [0.3, 0.4) is 0 Å². The standard InChI is InChI=1S/C18H30N2O3S/c1-3-4-9-16(19-20-13-8-10-17(20)14-23-2)15-24(21,22)18-11-6-5-7-12-18/h5-7,11-12,16-17,19H,3-4,8-10,13-15H2,1-2H3/t16-,17-/m0/s1. The molecule has 1 aliphatic heterocycles. The van der Waals surface area contributed by atoms with Gasteiger partial charge in [0.2, 0.25) is 0 Å². The lowest BCUT2D eigenvalue weighted by atomic mass is 10.1. The quantitative estimate of drug-likeness (QED) is 0.700. The van der Waals surface area contributed by atoms with E-state index in [1.165, 1.54) is 0 Å². The molecule has 1 N–H and O–H groups in total. The van der Waals surface area contributed by atoms with Gasteiger partial charge in [-0.25, -0.2) is 13.4 Å². The molecule has 1 aliphatic rings. The molecule has 5 nitrogen and oxygen atoms in total. The normalized spacial score (nSPS) is 20.3. The highest BCUT2D eigenvalue weighted by atomic mass is 32.2. The van der Waals surface area contributed by atoms with Crippen molar-refractivity contribution in [2.45, 2.75) is 56.0 Å². The third-order valence-electron chi connectivity index (χ3n) is 4.51. The summed E-state index contributed by atoms with van der Waals surface area (Å²) in [6.45, 7) is 3.76. The Morgan fingerprint density at radius 3 is 2.75 bits per heavy atom. The molecule has 0 radical (unpaired) electrons. The average molecular weight is 355 g/mol. The number of benzene rings is 1. The second kappa shape index (κ2) is 9.51. The van der Waals surface area contributed by atoms with Crippen LogP contribution in [0.5, 0.6) is 0 Å². The number of rotatable bonds is 10. The van der Waals surface area contributed by atoms with Crippen LogP contribution in [0.2, 0.25) is 0 Å². The molecule has 0 amide bonds. The molecule has 1 saturated heterocycles. The summed E-state index contributed by atoms with van der Waals surface area (Å²) in [7, 11) is -1.57. The monoisotopic (exact) mass is 354 g/mol. The Labute approximate surface area is 146 Å². The first-order valence-corrected chi connectivity index (χ1v) is 10.5. The minimum Gasteiger partial charge on any atom is -0.383 e. The minimum absolute atomic E-state index is 0.0624. The third-order valence-corrected chi connectivity index (χ3v) is 6.35. The zero-order valence-electron chi connectivity index (χ0n) is 14.8. The molecule has 0 bridgehead atoms. The number of unbranched alkanes of at least 4 members (excludes halogenated alkanes) is 1. The molecule has 6 heteroatoms. The van der Waals surface area contributed by atoms with Gasteiger partial charge < -0.3 is 4.74 Å². The number of nitrogens with zero attached hydrogens (tertiary/aromatic N) is 1. The first-order valence-electron chi connectivity index (χ1n) is 8.86. The van der Waals surface area contributed by atoms with Gasteiger partial charge in [-0.15, -0.1) is 0 Å². The van der Waals surface area contributed by atoms with Crippen LogP contribution >= 0.6 is 0 Å². The van der Waals surface area contributed by atoms with Crippen LogP contribution in [-0.2, 0) is 14.6 Å². The maximum absolute atomic E-state index is 12.7. The first kappa shape index (κ1) is 19.4. The lowest BCUT2D eigenvalue weighted by molar-refractivity contribution is 0.0721. The van der Waals surface area contributed by atoms with E-state index in [0.29, 0.717) is 17.5 Å². The Bertz CT molecular complexity index is 577. The van der Waals surface area contributed by atoms with E-state index in [4.69, 9.17) is 4.74 Å². The molecule has 0 unspecified atom stereocenters. The lowest BCUT2D eigenvalue weighted by Gasteiger charge is -2.30. The molecule has 0 aromatic heterocycles. The van der Waals surface area contributed by atoms with Crippen molar-refractivity contribution in [3.8, 4) is 0 Å². The topological polar surface area (TPSA) is 58.6 Å². The van der Waals surface area contributed by atoms with Crippen molar-refractivity contribution in [3.05, 3.63) is 30.3 Å². The van der Waals surface area contributed by atoms with Crippen molar-refractivity contribution in [3.63, 3.8) is 0 Å². The van der Waals surface area contributed by atoms with Crippen molar-refractivity contribution >= 4 is 9.84 Å². The Hall–Kier alpha value is -0.950. The zero-order valence-corrected chi connectivity index (χ0v) is 15.6. The van der Waals surface area contributed by atoms with Crippen molar-refractivity contribution in [2.75, 3.05) is 26.0 Å². The molecule has 1 aromatic carbocycles. The van der Waals surface area contributed by atoms with Gasteiger partial charge in [0.15, 0.2) is 9.84 Å². The van der Waals surface area contributed by atoms with Gasteiger partial charge in [0, 0.05) is 25.7 Å². The van der Waals surface area contributed by atoms with Gasteiger partial charge in [-0.2, -0.15) is 0 Å². The summed E-state index contributed by atoms with van der Waals surface area (Å²) in [6.07, 6.45) is 5.15. The lowest BCUT2D eigenvalue weighted by Crippen LogP contribution is -2.50. The third kappa shape index (κ3) is 5.55. The summed E-state index contributed by atoms with van der Waals surface area (Å²) in [5.74, 6) is 0.132. The second-order valence-electron chi connectivity index (χ2n) is 6.51. The first-order chi connectivity index (χ1) is 11.6. The summed E-state index contributed by atoms with van der Waals surface area (Å²) >= 11 is 0. The summed E-state index contributed by atoms with van der Waals surface area (Å²) in [5, 5.41) is 2.18. The number of nitrogens with one attached hydrogen (secondary N) is 1. The number of methoxy groups -OCH3 is 1. The Kier molecular flexibility index (Phi) is 7.68. The smallest absolute Gasteiger partial charge is 0.179 e. The molecule has 1 aromatic rings. The molecular formula is C18H30N2O3S. The molecule has 0 saturated carbocycles. The Balaban J connectivity index is 2.05. The Morgan fingerprint density at radius 1 is 1.33 bits per heavy atom. The van der Waals surface area contributed by atoms with E-state index in [2.05, 4.69) is 17.4 Å². The van der Waals surface area contributed by atoms with E-state index in [9.17, 15) is 8.42 Å². The highest BCUT2D eigenvalue weighted by molar-refractivity contribution is 7.91. The second-order valence-corrected chi connectivity index (χ2v) is 8.54. The SMILES string of the molecule is CCCC[C@@H](CS(=O)(=O)c1ccccc1)NN1CCC[C@H]1COC. The van der Waals surface area contributed by atoms with E-state index in [0.717, 1.165) is 38.6 Å². The van der Waals surface area contributed by atoms with Crippen LogP contribution in [0.25, 0.3) is 0 Å². The van der Waals surface area contributed by atoms with Crippen LogP contribution in [0.15, 0.2) is 35.2 Å². The molecule has 0 aliphatic carbocycles. The van der Waals surface area contributed by atoms with Crippen LogP contribution in [0.1, 0.15) is 39.0 Å². The van der Waals surface area contributed by atoms with Gasteiger partial charge in [0.05, 0.1) is 17.3 Å². The van der Waals surface area contributed by atoms with E-state index >= 15 is 0 Å². The number of sulfone groups is 1. The molecule has 1 heterocycles. The van der Waals surface area contributed by atoms with Crippen LogP contribution in [0, 0.1) is 0 Å². The highest BCUT2D eigenvalue weighted by Gasteiger charge is 2.28. The van der Waals surface area contributed by atoms with Gasteiger partial charge in [-0.3, -0.25) is 5.43 Å². The molecule has 1 fully saturated rings. The van der Waals surface area contributed by atoms with Gasteiger partial charge in [0.25, 0.3) is 0 Å². The Morgan fingerprint density at radius 2 is 2.08 bits per heavy atom. The fraction of sp³-hybridized carbons (Fsp3) is 0.667. The average Bonchev–Trinajstić information content (AvgIpc) is 3.00. The van der Waals surface area contributed by atoms with E-state index in [1.54, 1.807) is 31.4 Å². The van der Waals surface area contributed by atoms with Gasteiger partial charge in [0.1, 0.15) is 0 Å². The fourth-order valence-corrected chi connectivity index (χ4v) is 4.77. The van der Waals surface area contributed by atoms with Crippen molar-refractivity contribution in [1.29, 1.82) is 0 Å². The minimum atomic E-state index is -3.28. The van der Waals surface area contributed by atoms with E-state index < -0.39 is 9.84 Å². The summed E-state index contributed by atoms with van der Waals surface area (Å²) in [4.78, 5) is 0.406. The molecule has 2 atom stereocenters. The van der Waals surface area contributed by atoms with Gasteiger partial charge >= 0.3 is 0 Å². The van der Waals surface area contributed by atoms with Gasteiger partial charge in [-0.1, -0.05) is 38.0 Å². The summed E-state index contributed by atoms with van der Waals surface area (Å²) in [5.41, 5.74) is 3.49. The predicted molar refractivity (Wildman–Crippen MR) is 96.5 cm³/mol. The van der Waals surface area contributed by atoms with Gasteiger partial charge in [-0.05, 0) is 31.4 Å². The van der Waals surface area contributed by atoms with Crippen LogP contribution in [-0.4, -0.2) is 51.5 Å². The maximum Gasteiger partial charge on any atom is 0.179 e. The number of hydrogen-bond acceptors (Lipinski definition) is 5. The predicted octanol–water partition coefficient (Wildman–Crippen LogP) is 2.63. The summed E-state index contributed by atoms with van der Waals surface area (Å²) in [6, 6.07) is 9.01. The number of hydrogen-bond donors (Lipinski definition) is 1. The van der Waals surface area contributed by atoms with E-state index in [-0.39, 0.29) is 11.8 Å². The van der Waals surface area contributed by atoms with Crippen LogP contribution in [0.4, 0.5) is 0 Å². The summed E-state index contributed by atoms with van der Waals surface area (Å²) < 4.78 is 30.7. The molecule has 136 valence electrons. The fourth-order valence-electron chi connectivity index (χ4n) is 3.23. The van der Waals surface area contributed by atoms with Crippen molar-refractivity contribution in [2.24, 2.45) is 0 Å². The van der Waals surface area contributed by atoms with Crippen molar-refractivity contribution < 1.29 is 13.2 Å². The molecule has 24 heavy (non-hydrogen) atoms. The maximum atomic E-state index is 12.7.